The van der Waals surface area contributed by atoms with Crippen LogP contribution < -0.4 is 10.6 Å². The van der Waals surface area contributed by atoms with Crippen LogP contribution in [0.5, 0.6) is 0 Å². The smallest absolute Gasteiger partial charge is 0.220 e. The van der Waals surface area contributed by atoms with Gasteiger partial charge in [-0.1, -0.05) is 6.92 Å². The quantitative estimate of drug-likeness (QED) is 0.874. The predicted octanol–water partition coefficient (Wildman–Crippen LogP) is 2.04. The van der Waals surface area contributed by atoms with E-state index >= 15 is 0 Å². The molecule has 21 heavy (non-hydrogen) atoms. The number of carbonyl (C=O) groups is 1. The molecule has 1 amide bonds. The molecule has 0 radical (unpaired) electrons. The average molecular weight is 315 g/mol. The second-order valence-electron chi connectivity index (χ2n) is 6.01. The Balaban J connectivity index is 0.00000220. The number of hydrogen-bond donors (Lipinski definition) is 2. The third kappa shape index (κ3) is 5.32. The van der Waals surface area contributed by atoms with Crippen LogP contribution in [0.2, 0.25) is 0 Å². The van der Waals surface area contributed by atoms with E-state index in [0.717, 1.165) is 18.7 Å². The van der Waals surface area contributed by atoms with Gasteiger partial charge in [0.2, 0.25) is 5.91 Å². The summed E-state index contributed by atoms with van der Waals surface area (Å²) in [5.74, 6) is 1.28. The second-order valence-corrected chi connectivity index (χ2v) is 6.01. The van der Waals surface area contributed by atoms with Gasteiger partial charge < -0.3 is 10.6 Å². The summed E-state index contributed by atoms with van der Waals surface area (Å²) in [6.45, 7) is 6.37. The maximum absolute atomic E-state index is 12.1. The molecule has 1 aromatic heterocycles. The lowest BCUT2D eigenvalue weighted by Gasteiger charge is -2.28. The zero-order valence-corrected chi connectivity index (χ0v) is 13.9. The Labute approximate surface area is 133 Å². The highest BCUT2D eigenvalue weighted by atomic mass is 35.5. The van der Waals surface area contributed by atoms with Crippen molar-refractivity contribution < 1.29 is 4.79 Å². The van der Waals surface area contributed by atoms with E-state index in [-0.39, 0.29) is 24.4 Å². The predicted molar refractivity (Wildman–Crippen MR) is 86.4 cm³/mol. The molecule has 2 rings (SSSR count). The summed E-state index contributed by atoms with van der Waals surface area (Å²) >= 11 is 0. The zero-order chi connectivity index (χ0) is 14.5. The van der Waals surface area contributed by atoms with Crippen LogP contribution in [0.15, 0.2) is 12.4 Å². The largest absolute Gasteiger partial charge is 0.349 e. The van der Waals surface area contributed by atoms with Gasteiger partial charge in [0.15, 0.2) is 0 Å². The summed E-state index contributed by atoms with van der Waals surface area (Å²) in [4.78, 5) is 12.1. The van der Waals surface area contributed by atoms with Crippen LogP contribution in [0.1, 0.15) is 44.7 Å². The molecule has 0 saturated carbocycles. The van der Waals surface area contributed by atoms with E-state index in [4.69, 9.17) is 0 Å². The van der Waals surface area contributed by atoms with Gasteiger partial charge in [-0.15, -0.1) is 12.4 Å². The molecule has 1 aromatic rings. The number of halogens is 1. The van der Waals surface area contributed by atoms with Gasteiger partial charge in [-0.05, 0) is 44.7 Å². The van der Waals surface area contributed by atoms with Crippen molar-refractivity contribution in [1.29, 1.82) is 0 Å². The Morgan fingerprint density at radius 1 is 1.48 bits per heavy atom. The molecule has 0 spiro atoms. The van der Waals surface area contributed by atoms with Crippen molar-refractivity contribution >= 4 is 18.3 Å². The van der Waals surface area contributed by atoms with Crippen LogP contribution in [0.4, 0.5) is 0 Å². The molecule has 2 atom stereocenters. The number of nitrogens with one attached hydrogen (secondary N) is 2. The van der Waals surface area contributed by atoms with Crippen molar-refractivity contribution in [2.24, 2.45) is 18.9 Å². The fourth-order valence-electron chi connectivity index (χ4n) is 2.92. The normalized spacial score (nSPS) is 18.6. The van der Waals surface area contributed by atoms with Crippen molar-refractivity contribution in [2.45, 2.75) is 39.2 Å². The Morgan fingerprint density at radius 3 is 2.71 bits per heavy atom. The number of hydrogen-bond acceptors (Lipinski definition) is 3. The maximum Gasteiger partial charge on any atom is 0.220 e. The molecule has 0 bridgehead atoms. The molecular weight excluding hydrogens is 288 g/mol. The zero-order valence-electron chi connectivity index (χ0n) is 13.1. The molecule has 6 heteroatoms. The standard InChI is InChI=1S/C15H26N4O.ClH/c1-11(13-4-6-16-7-5-13)8-15(20)18-12(2)14-9-17-19(3)10-14;/h9-13,16H,4-8H2,1-3H3,(H,18,20);1H. The molecule has 0 aromatic carbocycles. The van der Waals surface area contributed by atoms with Gasteiger partial charge in [0.1, 0.15) is 0 Å². The molecule has 1 aliphatic heterocycles. The Hall–Kier alpha value is -1.07. The number of piperidine rings is 1. The topological polar surface area (TPSA) is 59.0 Å². The lowest BCUT2D eigenvalue weighted by Crippen LogP contribution is -2.34. The number of aromatic nitrogens is 2. The summed E-state index contributed by atoms with van der Waals surface area (Å²) in [6, 6.07) is 0.0245. The summed E-state index contributed by atoms with van der Waals surface area (Å²) < 4.78 is 1.76. The van der Waals surface area contributed by atoms with E-state index in [2.05, 4.69) is 22.7 Å². The SMILES string of the molecule is CC(NC(=O)CC(C)C1CCNCC1)c1cnn(C)c1.Cl. The number of carbonyl (C=O) groups excluding carboxylic acids is 1. The van der Waals surface area contributed by atoms with Crippen LogP contribution >= 0.6 is 12.4 Å². The third-order valence-corrected chi connectivity index (χ3v) is 4.30. The van der Waals surface area contributed by atoms with Crippen molar-refractivity contribution in [3.63, 3.8) is 0 Å². The van der Waals surface area contributed by atoms with E-state index in [1.807, 2.05) is 20.2 Å². The molecule has 1 saturated heterocycles. The maximum atomic E-state index is 12.1. The first-order valence-electron chi connectivity index (χ1n) is 7.55. The van der Waals surface area contributed by atoms with Crippen LogP contribution in [-0.2, 0) is 11.8 Å². The van der Waals surface area contributed by atoms with Gasteiger partial charge in [0.05, 0.1) is 12.2 Å². The van der Waals surface area contributed by atoms with E-state index in [1.165, 1.54) is 12.8 Å². The van der Waals surface area contributed by atoms with Crippen LogP contribution in [0, 0.1) is 11.8 Å². The van der Waals surface area contributed by atoms with Gasteiger partial charge in [-0.2, -0.15) is 5.10 Å². The molecule has 5 nitrogen and oxygen atoms in total. The van der Waals surface area contributed by atoms with E-state index in [0.29, 0.717) is 18.3 Å². The molecular formula is C15H27ClN4O. The molecule has 120 valence electrons. The second kappa shape index (κ2) is 8.39. The van der Waals surface area contributed by atoms with Crippen molar-refractivity contribution in [1.82, 2.24) is 20.4 Å². The van der Waals surface area contributed by atoms with Gasteiger partial charge in [0, 0.05) is 25.2 Å². The molecule has 2 unspecified atom stereocenters. The van der Waals surface area contributed by atoms with E-state index in [9.17, 15) is 4.79 Å². The highest BCUT2D eigenvalue weighted by Gasteiger charge is 2.22. The van der Waals surface area contributed by atoms with Crippen LogP contribution in [-0.4, -0.2) is 28.8 Å². The van der Waals surface area contributed by atoms with Crippen LogP contribution in [0.3, 0.4) is 0 Å². The van der Waals surface area contributed by atoms with Crippen molar-refractivity contribution in [2.75, 3.05) is 13.1 Å². The van der Waals surface area contributed by atoms with Gasteiger partial charge in [0.25, 0.3) is 0 Å². The minimum atomic E-state index is 0. The van der Waals surface area contributed by atoms with Crippen LogP contribution in [0.25, 0.3) is 0 Å². The summed E-state index contributed by atoms with van der Waals surface area (Å²) in [6.07, 6.45) is 6.75. The first kappa shape index (κ1) is 18.0. The lowest BCUT2D eigenvalue weighted by atomic mass is 9.84. The molecule has 1 aliphatic rings. The fraction of sp³-hybridized carbons (Fsp3) is 0.733. The highest BCUT2D eigenvalue weighted by Crippen LogP contribution is 2.24. The minimum Gasteiger partial charge on any atom is -0.349 e. The summed E-state index contributed by atoms with van der Waals surface area (Å²) in [5.41, 5.74) is 1.05. The van der Waals surface area contributed by atoms with Crippen molar-refractivity contribution in [3.05, 3.63) is 18.0 Å². The van der Waals surface area contributed by atoms with Gasteiger partial charge in [-0.25, -0.2) is 0 Å². The molecule has 1 fully saturated rings. The summed E-state index contributed by atoms with van der Waals surface area (Å²) in [5, 5.41) is 10.6. The highest BCUT2D eigenvalue weighted by molar-refractivity contribution is 5.85. The number of aryl methyl sites for hydroxylation is 1. The van der Waals surface area contributed by atoms with Crippen molar-refractivity contribution in [3.8, 4) is 0 Å². The lowest BCUT2D eigenvalue weighted by molar-refractivity contribution is -0.123. The number of amides is 1. The minimum absolute atomic E-state index is 0. The number of rotatable bonds is 5. The van der Waals surface area contributed by atoms with Gasteiger partial charge in [-0.3, -0.25) is 9.48 Å². The van der Waals surface area contributed by atoms with E-state index in [1.54, 1.807) is 10.9 Å². The number of nitrogens with zero attached hydrogens (tertiary/aromatic N) is 2. The average Bonchev–Trinajstić information content (AvgIpc) is 2.86. The summed E-state index contributed by atoms with van der Waals surface area (Å²) in [7, 11) is 1.89. The third-order valence-electron chi connectivity index (χ3n) is 4.30. The monoisotopic (exact) mass is 314 g/mol. The Morgan fingerprint density at radius 2 is 2.14 bits per heavy atom. The molecule has 0 aliphatic carbocycles. The fourth-order valence-corrected chi connectivity index (χ4v) is 2.92. The Kier molecular flexibility index (Phi) is 7.18. The van der Waals surface area contributed by atoms with E-state index < -0.39 is 0 Å². The molecule has 2 heterocycles. The van der Waals surface area contributed by atoms with Gasteiger partial charge >= 0.3 is 0 Å². The molecule has 2 N–H and O–H groups in total. The Bertz CT molecular complexity index is 443. The first-order chi connectivity index (χ1) is 9.56. The first-order valence-corrected chi connectivity index (χ1v) is 7.55.